The van der Waals surface area contributed by atoms with Crippen molar-refractivity contribution >= 4 is 5.91 Å². The largest absolute Gasteiger partial charge is 0.493 e. The fourth-order valence-corrected chi connectivity index (χ4v) is 3.80. The lowest BCUT2D eigenvalue weighted by molar-refractivity contribution is -0.137. The monoisotopic (exact) mass is 459 g/mol. The molecule has 0 spiro atoms. The summed E-state index contributed by atoms with van der Waals surface area (Å²) < 4.78 is 51.6. The number of benzene rings is 2. The van der Waals surface area contributed by atoms with Crippen molar-refractivity contribution in [2.24, 2.45) is 5.92 Å². The van der Waals surface area contributed by atoms with Crippen LogP contribution in [0.2, 0.25) is 0 Å². The molecule has 2 aromatic carbocycles. The van der Waals surface area contributed by atoms with Crippen LogP contribution in [-0.4, -0.2) is 47.4 Å². The Morgan fingerprint density at radius 2 is 1.82 bits per heavy atom. The van der Waals surface area contributed by atoms with Crippen LogP contribution in [0.5, 0.6) is 11.5 Å². The van der Waals surface area contributed by atoms with E-state index in [1.807, 2.05) is 30.3 Å². The lowest BCUT2D eigenvalue weighted by Crippen LogP contribution is -2.40. The topological polar surface area (TPSA) is 56.6 Å². The predicted molar refractivity (Wildman–Crippen MR) is 116 cm³/mol. The molecule has 0 aliphatic carbocycles. The number of amides is 1. The number of rotatable bonds is 6. The zero-order valence-electron chi connectivity index (χ0n) is 18.1. The number of hydrogen-bond donors (Lipinski definition) is 0. The number of carbonyl (C=O) groups is 1. The van der Waals surface area contributed by atoms with Crippen LogP contribution in [0.1, 0.15) is 28.9 Å². The first kappa shape index (κ1) is 22.7. The molecule has 0 bridgehead atoms. The SMILES string of the molecule is COc1cn(-c2cccc(C(F)(F)F)c2)nc1C(=O)N1CCC(COc2ccccc2)CC1. The maximum absolute atomic E-state index is 13.1. The summed E-state index contributed by atoms with van der Waals surface area (Å²) in [6, 6.07) is 14.4. The first-order valence-corrected chi connectivity index (χ1v) is 10.6. The number of methoxy groups -OCH3 is 1. The maximum Gasteiger partial charge on any atom is 0.416 e. The first-order valence-electron chi connectivity index (χ1n) is 10.6. The van der Waals surface area contributed by atoms with Crippen LogP contribution in [0.25, 0.3) is 5.69 Å². The number of carbonyl (C=O) groups excluding carboxylic acids is 1. The van der Waals surface area contributed by atoms with Gasteiger partial charge in [-0.3, -0.25) is 4.79 Å². The molecule has 0 saturated carbocycles. The van der Waals surface area contributed by atoms with E-state index in [1.165, 1.54) is 30.1 Å². The first-order chi connectivity index (χ1) is 15.8. The van der Waals surface area contributed by atoms with E-state index < -0.39 is 11.7 Å². The molecule has 1 aliphatic rings. The fraction of sp³-hybridized carbons (Fsp3) is 0.333. The molecule has 3 aromatic rings. The molecule has 0 atom stereocenters. The van der Waals surface area contributed by atoms with Gasteiger partial charge >= 0.3 is 6.18 Å². The minimum Gasteiger partial charge on any atom is -0.493 e. The van der Waals surface area contributed by atoms with Gasteiger partial charge in [0, 0.05) is 13.1 Å². The minimum atomic E-state index is -4.47. The Morgan fingerprint density at radius 3 is 2.48 bits per heavy atom. The van der Waals surface area contributed by atoms with Gasteiger partial charge in [-0.1, -0.05) is 24.3 Å². The second kappa shape index (κ2) is 9.56. The lowest BCUT2D eigenvalue weighted by Gasteiger charge is -2.31. The van der Waals surface area contributed by atoms with E-state index in [0.29, 0.717) is 25.6 Å². The average Bonchev–Trinajstić information content (AvgIpc) is 3.27. The zero-order valence-corrected chi connectivity index (χ0v) is 18.1. The Hall–Kier alpha value is -3.49. The molecule has 1 aliphatic heterocycles. The summed E-state index contributed by atoms with van der Waals surface area (Å²) in [5, 5.41) is 4.25. The molecular formula is C24H24F3N3O3. The summed E-state index contributed by atoms with van der Waals surface area (Å²) in [7, 11) is 1.40. The molecule has 0 unspecified atom stereocenters. The van der Waals surface area contributed by atoms with Gasteiger partial charge in [-0.05, 0) is 49.1 Å². The van der Waals surface area contributed by atoms with Gasteiger partial charge in [0.1, 0.15) is 5.75 Å². The number of alkyl halides is 3. The number of piperidine rings is 1. The van der Waals surface area contributed by atoms with Crippen molar-refractivity contribution < 1.29 is 27.4 Å². The number of aromatic nitrogens is 2. The summed E-state index contributed by atoms with van der Waals surface area (Å²) in [4.78, 5) is 14.8. The molecule has 33 heavy (non-hydrogen) atoms. The van der Waals surface area contributed by atoms with Crippen molar-refractivity contribution in [2.75, 3.05) is 26.8 Å². The zero-order chi connectivity index (χ0) is 23.4. The highest BCUT2D eigenvalue weighted by atomic mass is 19.4. The third-order valence-corrected chi connectivity index (χ3v) is 5.67. The summed E-state index contributed by atoms with van der Waals surface area (Å²) in [6.07, 6.45) is -1.48. The minimum absolute atomic E-state index is 0.0777. The predicted octanol–water partition coefficient (Wildman–Crippen LogP) is 4.83. The van der Waals surface area contributed by atoms with Gasteiger partial charge in [0.05, 0.1) is 31.2 Å². The standard InChI is InChI=1S/C24H24F3N3O3/c1-32-21-15-30(19-7-5-6-18(14-19)24(25,26)27)28-22(21)23(31)29-12-10-17(11-13-29)16-33-20-8-3-2-4-9-20/h2-9,14-15,17H,10-13,16H2,1H3. The van der Waals surface area contributed by atoms with Crippen molar-refractivity contribution in [1.82, 2.24) is 14.7 Å². The molecule has 1 aromatic heterocycles. The van der Waals surface area contributed by atoms with Crippen LogP contribution in [0, 0.1) is 5.92 Å². The van der Waals surface area contributed by atoms with Crippen molar-refractivity contribution in [1.29, 1.82) is 0 Å². The van der Waals surface area contributed by atoms with E-state index in [1.54, 1.807) is 4.90 Å². The molecule has 1 fully saturated rings. The van der Waals surface area contributed by atoms with Crippen LogP contribution < -0.4 is 9.47 Å². The Bertz CT molecular complexity index is 1090. The molecule has 4 rings (SSSR count). The van der Waals surface area contributed by atoms with Crippen molar-refractivity contribution in [3.8, 4) is 17.2 Å². The van der Waals surface area contributed by atoms with Gasteiger partial charge in [0.2, 0.25) is 0 Å². The molecule has 174 valence electrons. The molecule has 1 amide bonds. The lowest BCUT2D eigenvalue weighted by atomic mass is 9.97. The van der Waals surface area contributed by atoms with E-state index in [-0.39, 0.29) is 23.0 Å². The van der Waals surface area contributed by atoms with Gasteiger partial charge in [0.25, 0.3) is 5.91 Å². The third kappa shape index (κ3) is 5.30. The highest BCUT2D eigenvalue weighted by molar-refractivity contribution is 5.95. The molecule has 0 radical (unpaired) electrons. The van der Waals surface area contributed by atoms with Crippen molar-refractivity contribution in [3.63, 3.8) is 0 Å². The van der Waals surface area contributed by atoms with E-state index in [9.17, 15) is 18.0 Å². The van der Waals surface area contributed by atoms with E-state index in [2.05, 4.69) is 5.10 Å². The van der Waals surface area contributed by atoms with Gasteiger partial charge < -0.3 is 14.4 Å². The Kier molecular flexibility index (Phi) is 6.57. The summed E-state index contributed by atoms with van der Waals surface area (Å²) in [5.41, 5.74) is -0.519. The van der Waals surface area contributed by atoms with Crippen LogP contribution in [0.4, 0.5) is 13.2 Å². The molecular weight excluding hydrogens is 435 g/mol. The molecule has 2 heterocycles. The highest BCUT2D eigenvalue weighted by Gasteiger charge is 2.31. The van der Waals surface area contributed by atoms with Gasteiger partial charge in [-0.25, -0.2) is 4.68 Å². The summed E-state index contributed by atoms with van der Waals surface area (Å²) in [5.74, 6) is 1.06. The Labute approximate surface area is 189 Å². The van der Waals surface area contributed by atoms with Crippen LogP contribution in [-0.2, 0) is 6.18 Å². The van der Waals surface area contributed by atoms with E-state index >= 15 is 0 Å². The van der Waals surface area contributed by atoms with Crippen molar-refractivity contribution in [3.05, 3.63) is 72.1 Å². The fourth-order valence-electron chi connectivity index (χ4n) is 3.80. The van der Waals surface area contributed by atoms with Crippen molar-refractivity contribution in [2.45, 2.75) is 19.0 Å². The quantitative estimate of drug-likeness (QED) is 0.530. The van der Waals surface area contributed by atoms with E-state index in [0.717, 1.165) is 30.7 Å². The summed E-state index contributed by atoms with van der Waals surface area (Å²) >= 11 is 0. The second-order valence-electron chi connectivity index (χ2n) is 7.90. The van der Waals surface area contributed by atoms with Gasteiger partial charge in [-0.15, -0.1) is 0 Å². The smallest absolute Gasteiger partial charge is 0.416 e. The van der Waals surface area contributed by atoms with Crippen LogP contribution in [0.3, 0.4) is 0 Å². The molecule has 9 heteroatoms. The number of ether oxygens (including phenoxy) is 2. The normalized spacial score (nSPS) is 14.8. The van der Waals surface area contributed by atoms with Gasteiger partial charge in [0.15, 0.2) is 11.4 Å². The Balaban J connectivity index is 1.42. The second-order valence-corrected chi connectivity index (χ2v) is 7.90. The summed E-state index contributed by atoms with van der Waals surface area (Å²) in [6.45, 7) is 1.67. The van der Waals surface area contributed by atoms with Gasteiger partial charge in [-0.2, -0.15) is 18.3 Å². The molecule has 0 N–H and O–H groups in total. The Morgan fingerprint density at radius 1 is 1.09 bits per heavy atom. The average molecular weight is 459 g/mol. The third-order valence-electron chi connectivity index (χ3n) is 5.67. The maximum atomic E-state index is 13.1. The number of nitrogens with zero attached hydrogens (tertiary/aromatic N) is 3. The number of likely N-dealkylation sites (tertiary alicyclic amines) is 1. The number of halogens is 3. The molecule has 6 nitrogen and oxygen atoms in total. The van der Waals surface area contributed by atoms with E-state index in [4.69, 9.17) is 9.47 Å². The van der Waals surface area contributed by atoms with Crippen LogP contribution in [0.15, 0.2) is 60.8 Å². The number of hydrogen-bond acceptors (Lipinski definition) is 4. The molecule has 1 saturated heterocycles. The highest BCUT2D eigenvalue weighted by Crippen LogP contribution is 2.31. The number of para-hydroxylation sites is 1. The van der Waals surface area contributed by atoms with Crippen LogP contribution >= 0.6 is 0 Å².